The standard InChI is InChI=1S/C3F10N.ClH/c4-1(5,6)14(13,2(7,8)9)3(10,11)12;/h;1H/q+1;/p-1. The smallest absolute Gasteiger partial charge is 0.613 e. The maximum Gasteiger partial charge on any atom is 0.613 e. The van der Waals surface area contributed by atoms with Gasteiger partial charge in [-0.1, -0.05) is 0 Å². The normalized spacial score (nSPS) is 14.8. The largest absolute Gasteiger partial charge is 1.00 e. The molecule has 0 bridgehead atoms. The van der Waals surface area contributed by atoms with Crippen LogP contribution in [0.4, 0.5) is 44.0 Å². The van der Waals surface area contributed by atoms with E-state index in [9.17, 15) is 44.0 Å². The molecule has 0 aliphatic heterocycles. The van der Waals surface area contributed by atoms with Crippen LogP contribution in [0.25, 0.3) is 0 Å². The predicted molar refractivity (Wildman–Crippen MR) is 19.5 cm³/mol. The lowest BCUT2D eigenvalue weighted by Crippen LogP contribution is -3.00. The first kappa shape index (κ1) is 17.0. The van der Waals surface area contributed by atoms with Gasteiger partial charge in [0.25, 0.3) is 0 Å². The van der Waals surface area contributed by atoms with Gasteiger partial charge in [0.15, 0.2) is 0 Å². The molecule has 0 aromatic carbocycles. The lowest BCUT2D eigenvalue weighted by Gasteiger charge is -2.28. The van der Waals surface area contributed by atoms with Crippen molar-refractivity contribution in [2.75, 3.05) is 0 Å². The van der Waals surface area contributed by atoms with Crippen LogP contribution in [0.1, 0.15) is 0 Å². The second-order valence-electron chi connectivity index (χ2n) is 1.99. The lowest BCUT2D eigenvalue weighted by molar-refractivity contribution is -1.26. The van der Waals surface area contributed by atoms with Gasteiger partial charge in [0, 0.05) is 4.48 Å². The average molecular weight is 275 g/mol. The molecule has 0 saturated heterocycles. The molecule has 0 N–H and O–H groups in total. The minimum atomic E-state index is -7.16. The summed E-state index contributed by atoms with van der Waals surface area (Å²) in [5.74, 6) is 0. The Balaban J connectivity index is 0. The Morgan fingerprint density at radius 1 is 0.533 bits per heavy atom. The Labute approximate surface area is 81.2 Å². The third-order valence-electron chi connectivity index (χ3n) is 1.05. The number of quaternary nitrogens is 1. The zero-order valence-electron chi connectivity index (χ0n) is 6.10. The van der Waals surface area contributed by atoms with Crippen molar-refractivity contribution in [1.29, 1.82) is 0 Å². The Bertz CT molecular complexity index is 174. The molecule has 0 saturated carbocycles. The molecular formula is C3ClF10N. The molecule has 0 amide bonds. The van der Waals surface area contributed by atoms with Gasteiger partial charge < -0.3 is 12.4 Å². The fourth-order valence-electron chi connectivity index (χ4n) is 0.431. The van der Waals surface area contributed by atoms with Crippen LogP contribution in [0.15, 0.2) is 0 Å². The van der Waals surface area contributed by atoms with E-state index in [0.717, 1.165) is 0 Å². The molecule has 0 radical (unpaired) electrons. The molecule has 0 unspecified atom stereocenters. The van der Waals surface area contributed by atoms with Crippen LogP contribution >= 0.6 is 0 Å². The van der Waals surface area contributed by atoms with E-state index in [-0.39, 0.29) is 12.4 Å². The van der Waals surface area contributed by atoms with E-state index in [1.54, 1.807) is 0 Å². The molecule has 0 aliphatic rings. The van der Waals surface area contributed by atoms with Crippen molar-refractivity contribution >= 4 is 0 Å². The number of alkyl halides is 9. The third-order valence-corrected chi connectivity index (χ3v) is 1.05. The van der Waals surface area contributed by atoms with E-state index >= 15 is 0 Å². The van der Waals surface area contributed by atoms with E-state index in [2.05, 4.69) is 0 Å². The Kier molecular flexibility index (Phi) is 4.35. The zero-order valence-corrected chi connectivity index (χ0v) is 6.86. The molecule has 0 rings (SSSR count). The monoisotopic (exact) mass is 275 g/mol. The van der Waals surface area contributed by atoms with Gasteiger partial charge in [-0.2, -0.15) is 0 Å². The van der Waals surface area contributed by atoms with E-state index in [0.29, 0.717) is 0 Å². The molecular weight excluding hydrogens is 275 g/mol. The van der Waals surface area contributed by atoms with E-state index in [1.165, 1.54) is 0 Å². The van der Waals surface area contributed by atoms with Gasteiger partial charge in [0.2, 0.25) is 0 Å². The summed E-state index contributed by atoms with van der Waals surface area (Å²) in [6.07, 6.45) is -21.5. The van der Waals surface area contributed by atoms with Crippen molar-refractivity contribution in [2.45, 2.75) is 18.9 Å². The highest BCUT2D eigenvalue weighted by atomic mass is 35.5. The highest BCUT2D eigenvalue weighted by Gasteiger charge is 2.88. The molecule has 0 atom stereocenters. The van der Waals surface area contributed by atoms with Gasteiger partial charge >= 0.3 is 18.9 Å². The summed E-state index contributed by atoms with van der Waals surface area (Å²) in [5.41, 5.74) is 0. The van der Waals surface area contributed by atoms with Crippen LogP contribution in [-0.2, 0) is 0 Å². The van der Waals surface area contributed by atoms with Crippen molar-refractivity contribution in [3.8, 4) is 0 Å². The fraction of sp³-hybridized carbons (Fsp3) is 1.00. The van der Waals surface area contributed by atoms with Crippen LogP contribution in [0, 0.1) is 0 Å². The summed E-state index contributed by atoms with van der Waals surface area (Å²) in [5, 5.41) is 0. The molecule has 0 aliphatic carbocycles. The van der Waals surface area contributed by atoms with Gasteiger partial charge in [0.05, 0.1) is 0 Å². The summed E-state index contributed by atoms with van der Waals surface area (Å²) in [6.45, 7) is 0. The summed E-state index contributed by atoms with van der Waals surface area (Å²) < 4.78 is 107. The molecule has 12 heteroatoms. The first-order valence-electron chi connectivity index (χ1n) is 2.54. The first-order chi connectivity index (χ1) is 5.75. The van der Waals surface area contributed by atoms with Gasteiger partial charge in [-0.3, -0.25) is 0 Å². The topological polar surface area (TPSA) is 0 Å². The molecule has 0 heterocycles. The Morgan fingerprint density at radius 2 is 0.667 bits per heavy atom. The number of halogens is 11. The van der Waals surface area contributed by atoms with Gasteiger partial charge in [-0.15, -0.1) is 39.5 Å². The van der Waals surface area contributed by atoms with Crippen LogP contribution in [-0.4, -0.2) is 23.6 Å². The van der Waals surface area contributed by atoms with Crippen molar-refractivity contribution in [3.63, 3.8) is 0 Å². The van der Waals surface area contributed by atoms with Crippen molar-refractivity contribution < 1.29 is 61.1 Å². The Hall–Kier alpha value is -0.450. The van der Waals surface area contributed by atoms with Gasteiger partial charge in [-0.25, -0.2) is 0 Å². The maximum atomic E-state index is 11.9. The third kappa shape index (κ3) is 2.56. The van der Waals surface area contributed by atoms with E-state index in [1.807, 2.05) is 0 Å². The molecule has 0 aromatic rings. The number of hydrogen-bond acceptors (Lipinski definition) is 0. The predicted octanol–water partition coefficient (Wildman–Crippen LogP) is 0.251. The van der Waals surface area contributed by atoms with Gasteiger partial charge in [0.1, 0.15) is 4.71 Å². The quantitative estimate of drug-likeness (QED) is 0.338. The minimum absolute atomic E-state index is 0. The summed E-state index contributed by atoms with van der Waals surface area (Å²) in [7, 11) is 0. The minimum Gasteiger partial charge on any atom is -1.00 e. The maximum absolute atomic E-state index is 11.9. The second-order valence-corrected chi connectivity index (χ2v) is 1.99. The second kappa shape index (κ2) is 3.85. The van der Waals surface area contributed by atoms with Crippen molar-refractivity contribution in [2.24, 2.45) is 0 Å². The van der Waals surface area contributed by atoms with E-state index in [4.69, 9.17) is 0 Å². The molecule has 0 spiro atoms. The molecule has 0 aromatic heterocycles. The van der Waals surface area contributed by atoms with Gasteiger partial charge in [-0.05, 0) is 0 Å². The van der Waals surface area contributed by atoms with Crippen LogP contribution in [0.5, 0.6) is 0 Å². The van der Waals surface area contributed by atoms with Crippen molar-refractivity contribution in [1.82, 2.24) is 0 Å². The van der Waals surface area contributed by atoms with Crippen molar-refractivity contribution in [3.05, 3.63) is 0 Å². The molecule has 15 heavy (non-hydrogen) atoms. The molecule has 1 nitrogen and oxygen atoms in total. The lowest BCUT2D eigenvalue weighted by atomic mass is 10.7. The first-order valence-corrected chi connectivity index (χ1v) is 2.54. The van der Waals surface area contributed by atoms with Crippen LogP contribution < -0.4 is 12.4 Å². The average Bonchev–Trinajstić information content (AvgIpc) is 1.77. The zero-order chi connectivity index (χ0) is 12.0. The fourth-order valence-corrected chi connectivity index (χ4v) is 0.431. The summed E-state index contributed by atoms with van der Waals surface area (Å²) in [4.78, 5) is 0. The highest BCUT2D eigenvalue weighted by Crippen LogP contribution is 2.51. The number of rotatable bonds is 0. The highest BCUT2D eigenvalue weighted by molar-refractivity contribution is 4.42. The number of hydrogen-bond donors (Lipinski definition) is 0. The van der Waals surface area contributed by atoms with Crippen LogP contribution in [0.2, 0.25) is 0 Å². The Morgan fingerprint density at radius 3 is 0.667 bits per heavy atom. The summed E-state index contributed by atoms with van der Waals surface area (Å²) in [6, 6.07) is 0. The molecule has 94 valence electrons. The van der Waals surface area contributed by atoms with Crippen LogP contribution in [0.3, 0.4) is 0 Å². The molecule has 0 fully saturated rings. The SMILES string of the molecule is FC(F)(F)[N+](F)(C(F)(F)F)C(F)(F)F.[Cl-]. The summed E-state index contributed by atoms with van der Waals surface area (Å²) >= 11 is 0. The number of nitrogens with zero attached hydrogens (tertiary/aromatic N) is 1. The van der Waals surface area contributed by atoms with E-state index < -0.39 is 23.6 Å².